The Bertz CT molecular complexity index is 607. The summed E-state index contributed by atoms with van der Waals surface area (Å²) >= 11 is 0. The van der Waals surface area contributed by atoms with Gasteiger partial charge in [0, 0.05) is 20.1 Å². The van der Waals surface area contributed by atoms with Crippen molar-refractivity contribution >= 4 is 35.9 Å². The zero-order valence-electron chi connectivity index (χ0n) is 16.0. The molecule has 7 heteroatoms. The van der Waals surface area contributed by atoms with E-state index in [-0.39, 0.29) is 42.2 Å². The van der Waals surface area contributed by atoms with Crippen LogP contribution >= 0.6 is 24.0 Å². The van der Waals surface area contributed by atoms with E-state index in [0.29, 0.717) is 19.6 Å². The molecule has 1 aromatic rings. The number of hydrogen-bond acceptors (Lipinski definition) is 4. The second-order valence-electron chi connectivity index (χ2n) is 6.42. The number of carbonyl (C=O) groups excluding carboxylic acids is 1. The average molecular weight is 475 g/mol. The minimum atomic E-state index is -0.197. The number of ether oxygens (including phenoxy) is 2. The fourth-order valence-electron chi connectivity index (χ4n) is 2.91. The van der Waals surface area contributed by atoms with E-state index in [2.05, 4.69) is 34.3 Å². The second kappa shape index (κ2) is 11.4. The molecular weight excluding hydrogens is 445 g/mol. The van der Waals surface area contributed by atoms with Crippen LogP contribution in [-0.4, -0.2) is 56.2 Å². The number of nitrogens with zero attached hydrogens (tertiary/aromatic N) is 2. The van der Waals surface area contributed by atoms with Crippen molar-refractivity contribution in [2.75, 3.05) is 33.3 Å². The molecule has 0 spiro atoms. The number of benzene rings is 1. The third-order valence-corrected chi connectivity index (χ3v) is 4.09. The number of hydrogen-bond donors (Lipinski definition) is 1. The van der Waals surface area contributed by atoms with Gasteiger partial charge >= 0.3 is 5.97 Å². The number of aliphatic imine (C=N–C) groups is 1. The quantitative estimate of drug-likeness (QED) is 0.307. The topological polar surface area (TPSA) is 63.2 Å². The summed E-state index contributed by atoms with van der Waals surface area (Å²) in [5.41, 5.74) is 2.44. The number of esters is 1. The molecule has 1 N–H and O–H groups in total. The number of guanidine groups is 1. The van der Waals surface area contributed by atoms with Crippen LogP contribution < -0.4 is 5.32 Å². The fraction of sp³-hybridized carbons (Fsp3) is 0.579. The Labute approximate surface area is 173 Å². The van der Waals surface area contributed by atoms with Gasteiger partial charge in [-0.1, -0.05) is 24.3 Å². The van der Waals surface area contributed by atoms with Crippen molar-refractivity contribution in [2.45, 2.75) is 39.4 Å². The van der Waals surface area contributed by atoms with Crippen molar-refractivity contribution in [3.05, 3.63) is 35.4 Å². The Kier molecular flexibility index (Phi) is 9.93. The first-order valence-electron chi connectivity index (χ1n) is 8.83. The lowest BCUT2D eigenvalue weighted by atomic mass is 10.0. The van der Waals surface area contributed by atoms with Gasteiger partial charge < -0.3 is 19.7 Å². The molecule has 1 atom stereocenters. The van der Waals surface area contributed by atoms with E-state index in [1.807, 2.05) is 26.0 Å². The maximum atomic E-state index is 11.6. The van der Waals surface area contributed by atoms with Crippen molar-refractivity contribution < 1.29 is 14.3 Å². The number of nitrogens with one attached hydrogen (secondary N) is 1. The van der Waals surface area contributed by atoms with Crippen LogP contribution in [0.4, 0.5) is 0 Å². The van der Waals surface area contributed by atoms with Gasteiger partial charge in [-0.3, -0.25) is 9.79 Å². The molecule has 146 valence electrons. The highest BCUT2D eigenvalue weighted by atomic mass is 127. The summed E-state index contributed by atoms with van der Waals surface area (Å²) in [4.78, 5) is 18.2. The maximum absolute atomic E-state index is 11.6. The van der Waals surface area contributed by atoms with Crippen LogP contribution in [0.15, 0.2) is 29.3 Å². The van der Waals surface area contributed by atoms with E-state index in [1.54, 1.807) is 7.05 Å². The van der Waals surface area contributed by atoms with Crippen LogP contribution in [0.25, 0.3) is 0 Å². The lowest BCUT2D eigenvalue weighted by Gasteiger charge is -2.35. The molecule has 0 bridgehead atoms. The molecule has 0 saturated carbocycles. The van der Waals surface area contributed by atoms with Crippen LogP contribution in [0.1, 0.15) is 37.5 Å². The van der Waals surface area contributed by atoms with Crippen LogP contribution in [0.3, 0.4) is 0 Å². The molecule has 0 radical (unpaired) electrons. The lowest BCUT2D eigenvalue weighted by Crippen LogP contribution is -2.48. The van der Waals surface area contributed by atoms with Gasteiger partial charge in [0.05, 0.1) is 25.7 Å². The summed E-state index contributed by atoms with van der Waals surface area (Å²) in [6, 6.07) is 8.29. The largest absolute Gasteiger partial charge is 0.463 e. The highest BCUT2D eigenvalue weighted by Crippen LogP contribution is 2.24. The third kappa shape index (κ3) is 6.75. The smallest absolute Gasteiger partial charge is 0.307 e. The number of halogens is 1. The first-order chi connectivity index (χ1) is 12.0. The third-order valence-electron chi connectivity index (χ3n) is 4.09. The maximum Gasteiger partial charge on any atom is 0.307 e. The first kappa shape index (κ1) is 22.7. The molecule has 2 rings (SSSR count). The van der Waals surface area contributed by atoms with E-state index in [4.69, 9.17) is 9.47 Å². The van der Waals surface area contributed by atoms with Gasteiger partial charge in [-0.15, -0.1) is 24.0 Å². The average Bonchev–Trinajstić information content (AvgIpc) is 2.58. The highest BCUT2D eigenvalue weighted by Gasteiger charge is 2.25. The SMILES string of the molecule is CN=C(NCCC(=O)OC(C)C)N1CCOC(c2ccccc2C)C1.I. The molecule has 0 aromatic heterocycles. The summed E-state index contributed by atoms with van der Waals surface area (Å²) < 4.78 is 11.1. The number of aryl methyl sites for hydroxylation is 1. The zero-order chi connectivity index (χ0) is 18.2. The van der Waals surface area contributed by atoms with E-state index in [0.717, 1.165) is 19.0 Å². The predicted molar refractivity (Wildman–Crippen MR) is 114 cm³/mol. The second-order valence-corrected chi connectivity index (χ2v) is 6.42. The van der Waals surface area contributed by atoms with Gasteiger partial charge in [0.2, 0.25) is 0 Å². The molecule has 1 aliphatic rings. The van der Waals surface area contributed by atoms with Crippen LogP contribution in [0, 0.1) is 6.92 Å². The number of carbonyl (C=O) groups is 1. The molecular formula is C19H30IN3O3. The molecule has 1 aromatic carbocycles. The Morgan fingerprint density at radius 2 is 2.15 bits per heavy atom. The van der Waals surface area contributed by atoms with Crippen LogP contribution in [-0.2, 0) is 14.3 Å². The summed E-state index contributed by atoms with van der Waals surface area (Å²) in [7, 11) is 1.76. The van der Waals surface area contributed by atoms with Gasteiger partial charge in [-0.05, 0) is 31.9 Å². The molecule has 1 heterocycles. The molecule has 1 aliphatic heterocycles. The van der Waals surface area contributed by atoms with Crippen molar-refractivity contribution in [3.63, 3.8) is 0 Å². The van der Waals surface area contributed by atoms with E-state index >= 15 is 0 Å². The fourth-order valence-corrected chi connectivity index (χ4v) is 2.91. The minimum absolute atomic E-state index is 0. The Morgan fingerprint density at radius 1 is 1.42 bits per heavy atom. The van der Waals surface area contributed by atoms with Crippen LogP contribution in [0.5, 0.6) is 0 Å². The van der Waals surface area contributed by atoms with Gasteiger partial charge in [-0.25, -0.2) is 0 Å². The molecule has 6 nitrogen and oxygen atoms in total. The van der Waals surface area contributed by atoms with Crippen LogP contribution in [0.2, 0.25) is 0 Å². The first-order valence-corrected chi connectivity index (χ1v) is 8.83. The molecule has 1 fully saturated rings. The summed E-state index contributed by atoms with van der Waals surface area (Å²) in [5.74, 6) is 0.594. The number of morpholine rings is 1. The van der Waals surface area contributed by atoms with Crippen molar-refractivity contribution in [1.29, 1.82) is 0 Å². The molecule has 26 heavy (non-hydrogen) atoms. The van der Waals surface area contributed by atoms with E-state index in [1.165, 1.54) is 11.1 Å². The number of rotatable bonds is 5. The van der Waals surface area contributed by atoms with E-state index in [9.17, 15) is 4.79 Å². The van der Waals surface area contributed by atoms with E-state index < -0.39 is 0 Å². The van der Waals surface area contributed by atoms with Crippen molar-refractivity contribution in [1.82, 2.24) is 10.2 Å². The highest BCUT2D eigenvalue weighted by molar-refractivity contribution is 14.0. The normalized spacial score (nSPS) is 17.7. The predicted octanol–water partition coefficient (Wildman–Crippen LogP) is 2.90. The summed E-state index contributed by atoms with van der Waals surface area (Å²) in [6.45, 7) is 8.47. The summed E-state index contributed by atoms with van der Waals surface area (Å²) in [6.07, 6.45) is 0.267. The van der Waals surface area contributed by atoms with Crippen molar-refractivity contribution in [2.24, 2.45) is 4.99 Å². The molecule has 1 unspecified atom stereocenters. The van der Waals surface area contributed by atoms with Gasteiger partial charge in [-0.2, -0.15) is 0 Å². The van der Waals surface area contributed by atoms with Crippen molar-refractivity contribution in [3.8, 4) is 0 Å². The standard InChI is InChI=1S/C19H29N3O3.HI/c1-14(2)25-18(23)9-10-21-19(20-4)22-11-12-24-17(13-22)16-8-6-5-7-15(16)3;/h5-8,14,17H,9-13H2,1-4H3,(H,20,21);1H. The van der Waals surface area contributed by atoms with Gasteiger partial charge in [0.25, 0.3) is 0 Å². The monoisotopic (exact) mass is 475 g/mol. The lowest BCUT2D eigenvalue weighted by molar-refractivity contribution is -0.147. The van der Waals surface area contributed by atoms with Gasteiger partial charge in [0.15, 0.2) is 5.96 Å². The Balaban J connectivity index is 0.00000338. The minimum Gasteiger partial charge on any atom is -0.463 e. The summed E-state index contributed by atoms with van der Waals surface area (Å²) in [5, 5.41) is 3.25. The zero-order valence-corrected chi connectivity index (χ0v) is 18.4. The molecule has 0 amide bonds. The molecule has 1 saturated heterocycles. The molecule has 0 aliphatic carbocycles. The van der Waals surface area contributed by atoms with Gasteiger partial charge in [0.1, 0.15) is 6.10 Å². The Hall–Kier alpha value is -1.35. The Morgan fingerprint density at radius 3 is 2.81 bits per heavy atom.